The van der Waals surface area contributed by atoms with Crippen LogP contribution >= 0.6 is 0 Å². The maximum absolute atomic E-state index is 5.97. The SMILES string of the molecule is CC1OCCC1(CN)N1CCCCC1. The first-order valence-electron chi connectivity index (χ1n) is 5.86. The first kappa shape index (κ1) is 10.4. The van der Waals surface area contributed by atoms with Crippen molar-refractivity contribution in [3.8, 4) is 0 Å². The summed E-state index contributed by atoms with van der Waals surface area (Å²) in [6.45, 7) is 6.23. The second-order valence-corrected chi connectivity index (χ2v) is 4.62. The van der Waals surface area contributed by atoms with Crippen molar-refractivity contribution in [3.05, 3.63) is 0 Å². The standard InChI is InChI=1S/C11H22N2O/c1-10-11(9-12,5-8-14-10)13-6-3-2-4-7-13/h10H,2-9,12H2,1H3. The van der Waals surface area contributed by atoms with Gasteiger partial charge in [0.15, 0.2) is 0 Å². The summed E-state index contributed by atoms with van der Waals surface area (Å²) in [5.41, 5.74) is 6.12. The van der Waals surface area contributed by atoms with E-state index in [-0.39, 0.29) is 5.54 Å². The molecule has 0 bridgehead atoms. The molecule has 2 rings (SSSR count). The average molecular weight is 198 g/mol. The Kier molecular flexibility index (Phi) is 3.10. The predicted octanol–water partition coefficient (Wildman–Crippen LogP) is 0.979. The zero-order chi connectivity index (χ0) is 10.0. The number of ether oxygens (including phenoxy) is 1. The number of hydrogen-bond acceptors (Lipinski definition) is 3. The molecule has 0 spiro atoms. The van der Waals surface area contributed by atoms with E-state index < -0.39 is 0 Å². The van der Waals surface area contributed by atoms with E-state index in [1.54, 1.807) is 0 Å². The quantitative estimate of drug-likeness (QED) is 0.719. The van der Waals surface area contributed by atoms with E-state index in [2.05, 4.69) is 11.8 Å². The summed E-state index contributed by atoms with van der Waals surface area (Å²) in [7, 11) is 0. The lowest BCUT2D eigenvalue weighted by Crippen LogP contribution is -2.59. The molecule has 0 aromatic heterocycles. The van der Waals surface area contributed by atoms with Gasteiger partial charge in [0.05, 0.1) is 11.6 Å². The third-order valence-corrected chi connectivity index (χ3v) is 4.00. The van der Waals surface area contributed by atoms with Gasteiger partial charge in [0.2, 0.25) is 0 Å². The molecular weight excluding hydrogens is 176 g/mol. The molecular formula is C11H22N2O. The maximum atomic E-state index is 5.97. The van der Waals surface area contributed by atoms with Crippen molar-refractivity contribution in [3.63, 3.8) is 0 Å². The van der Waals surface area contributed by atoms with Crippen LogP contribution in [-0.4, -0.2) is 42.8 Å². The topological polar surface area (TPSA) is 38.5 Å². The smallest absolute Gasteiger partial charge is 0.0743 e. The number of likely N-dealkylation sites (tertiary alicyclic amines) is 1. The lowest BCUT2D eigenvalue weighted by molar-refractivity contribution is 0.00463. The Morgan fingerprint density at radius 2 is 2.07 bits per heavy atom. The van der Waals surface area contributed by atoms with E-state index >= 15 is 0 Å². The minimum Gasteiger partial charge on any atom is -0.376 e. The van der Waals surface area contributed by atoms with Gasteiger partial charge in [0.25, 0.3) is 0 Å². The molecule has 0 aromatic carbocycles. The van der Waals surface area contributed by atoms with E-state index in [0.29, 0.717) is 6.10 Å². The Bertz CT molecular complexity index is 192. The van der Waals surface area contributed by atoms with Crippen molar-refractivity contribution >= 4 is 0 Å². The maximum Gasteiger partial charge on any atom is 0.0743 e. The molecule has 0 aromatic rings. The molecule has 2 heterocycles. The molecule has 2 saturated heterocycles. The summed E-state index contributed by atoms with van der Waals surface area (Å²) < 4.78 is 5.69. The van der Waals surface area contributed by atoms with Gasteiger partial charge in [-0.25, -0.2) is 0 Å². The molecule has 82 valence electrons. The van der Waals surface area contributed by atoms with Gasteiger partial charge in [0.1, 0.15) is 0 Å². The number of rotatable bonds is 2. The summed E-state index contributed by atoms with van der Waals surface area (Å²) in [5.74, 6) is 0. The van der Waals surface area contributed by atoms with Crippen LogP contribution in [0.3, 0.4) is 0 Å². The molecule has 2 fully saturated rings. The van der Waals surface area contributed by atoms with E-state index in [1.807, 2.05) is 0 Å². The Balaban J connectivity index is 2.09. The highest BCUT2D eigenvalue weighted by molar-refractivity contribution is 5.01. The molecule has 2 aliphatic heterocycles. The molecule has 2 aliphatic rings. The summed E-state index contributed by atoms with van der Waals surface area (Å²) in [4.78, 5) is 2.58. The highest BCUT2D eigenvalue weighted by Gasteiger charge is 2.45. The van der Waals surface area contributed by atoms with Crippen LogP contribution in [-0.2, 0) is 4.74 Å². The van der Waals surface area contributed by atoms with E-state index in [1.165, 1.54) is 32.4 Å². The van der Waals surface area contributed by atoms with Crippen molar-refractivity contribution in [2.24, 2.45) is 5.73 Å². The van der Waals surface area contributed by atoms with Crippen LogP contribution in [0.1, 0.15) is 32.6 Å². The predicted molar refractivity (Wildman–Crippen MR) is 57.2 cm³/mol. The lowest BCUT2D eigenvalue weighted by Gasteiger charge is -2.44. The summed E-state index contributed by atoms with van der Waals surface area (Å²) in [6, 6.07) is 0. The van der Waals surface area contributed by atoms with Crippen LogP contribution in [0.4, 0.5) is 0 Å². The summed E-state index contributed by atoms with van der Waals surface area (Å²) in [6.07, 6.45) is 5.46. The Morgan fingerprint density at radius 1 is 1.36 bits per heavy atom. The van der Waals surface area contributed by atoms with Gasteiger partial charge in [-0.2, -0.15) is 0 Å². The van der Waals surface area contributed by atoms with Gasteiger partial charge >= 0.3 is 0 Å². The molecule has 0 saturated carbocycles. The molecule has 0 amide bonds. The normalized spacial score (nSPS) is 40.3. The van der Waals surface area contributed by atoms with Crippen molar-refractivity contribution < 1.29 is 4.74 Å². The van der Waals surface area contributed by atoms with E-state index in [9.17, 15) is 0 Å². The highest BCUT2D eigenvalue weighted by atomic mass is 16.5. The van der Waals surface area contributed by atoms with Crippen LogP contribution in [0.5, 0.6) is 0 Å². The number of hydrogen-bond donors (Lipinski definition) is 1. The van der Waals surface area contributed by atoms with Crippen LogP contribution in [0.15, 0.2) is 0 Å². The molecule has 2 unspecified atom stereocenters. The average Bonchev–Trinajstić information content (AvgIpc) is 2.62. The van der Waals surface area contributed by atoms with Gasteiger partial charge in [0, 0.05) is 13.2 Å². The molecule has 14 heavy (non-hydrogen) atoms. The zero-order valence-corrected chi connectivity index (χ0v) is 9.17. The largest absolute Gasteiger partial charge is 0.376 e. The molecule has 3 heteroatoms. The van der Waals surface area contributed by atoms with E-state index in [4.69, 9.17) is 10.5 Å². The van der Waals surface area contributed by atoms with Crippen molar-refractivity contribution in [2.75, 3.05) is 26.2 Å². The van der Waals surface area contributed by atoms with Gasteiger partial charge in [-0.15, -0.1) is 0 Å². The Hall–Kier alpha value is -0.120. The fraction of sp³-hybridized carbons (Fsp3) is 1.00. The third kappa shape index (κ3) is 1.58. The van der Waals surface area contributed by atoms with Crippen LogP contribution in [0, 0.1) is 0 Å². The van der Waals surface area contributed by atoms with Gasteiger partial charge in [-0.3, -0.25) is 4.90 Å². The monoisotopic (exact) mass is 198 g/mol. The second-order valence-electron chi connectivity index (χ2n) is 4.62. The van der Waals surface area contributed by atoms with Gasteiger partial charge in [-0.05, 0) is 39.3 Å². The third-order valence-electron chi connectivity index (χ3n) is 4.00. The summed E-state index contributed by atoms with van der Waals surface area (Å²) >= 11 is 0. The fourth-order valence-electron chi connectivity index (χ4n) is 2.92. The van der Waals surface area contributed by atoms with Gasteiger partial charge in [-0.1, -0.05) is 6.42 Å². The minimum absolute atomic E-state index is 0.153. The molecule has 0 radical (unpaired) electrons. The van der Waals surface area contributed by atoms with Crippen LogP contribution < -0.4 is 5.73 Å². The first-order chi connectivity index (χ1) is 6.79. The Morgan fingerprint density at radius 3 is 2.57 bits per heavy atom. The number of piperidine rings is 1. The fourth-order valence-corrected chi connectivity index (χ4v) is 2.92. The second kappa shape index (κ2) is 4.17. The minimum atomic E-state index is 0.153. The molecule has 2 N–H and O–H groups in total. The van der Waals surface area contributed by atoms with Crippen LogP contribution in [0.25, 0.3) is 0 Å². The van der Waals surface area contributed by atoms with Crippen molar-refractivity contribution in [2.45, 2.75) is 44.2 Å². The highest BCUT2D eigenvalue weighted by Crippen LogP contribution is 2.33. The number of nitrogens with zero attached hydrogens (tertiary/aromatic N) is 1. The van der Waals surface area contributed by atoms with Crippen LogP contribution in [0.2, 0.25) is 0 Å². The van der Waals surface area contributed by atoms with E-state index in [0.717, 1.165) is 19.6 Å². The van der Waals surface area contributed by atoms with Crippen molar-refractivity contribution in [1.29, 1.82) is 0 Å². The first-order valence-corrected chi connectivity index (χ1v) is 5.86. The van der Waals surface area contributed by atoms with Crippen molar-refractivity contribution in [1.82, 2.24) is 4.90 Å². The zero-order valence-electron chi connectivity index (χ0n) is 9.17. The molecule has 3 nitrogen and oxygen atoms in total. The van der Waals surface area contributed by atoms with Gasteiger partial charge < -0.3 is 10.5 Å². The Labute approximate surface area is 86.6 Å². The molecule has 0 aliphatic carbocycles. The summed E-state index contributed by atoms with van der Waals surface area (Å²) in [5, 5.41) is 0. The number of nitrogens with two attached hydrogens (primary N) is 1. The lowest BCUT2D eigenvalue weighted by atomic mass is 9.88. The molecule has 2 atom stereocenters.